The molecule has 124 valence electrons. The van der Waals surface area contributed by atoms with Crippen molar-refractivity contribution in [3.63, 3.8) is 0 Å². The molecule has 1 unspecified atom stereocenters. The number of para-hydroxylation sites is 1. The molecule has 0 aliphatic heterocycles. The number of anilines is 1. The molecule has 2 aromatic carbocycles. The van der Waals surface area contributed by atoms with E-state index in [-0.39, 0.29) is 23.7 Å². The van der Waals surface area contributed by atoms with Crippen LogP contribution in [0, 0.1) is 0 Å². The Balaban J connectivity index is 0.00000264. The first-order chi connectivity index (χ1) is 10.2. The average molecular weight is 333 g/mol. The van der Waals surface area contributed by atoms with Crippen LogP contribution in [0.1, 0.15) is 38.8 Å². The largest absolute Gasteiger partial charge is 0.324 e. The molecule has 0 saturated carbocycles. The lowest BCUT2D eigenvalue weighted by molar-refractivity contribution is -0.120. The highest BCUT2D eigenvalue weighted by Gasteiger charge is 2.31. The van der Waals surface area contributed by atoms with Crippen molar-refractivity contribution in [1.82, 2.24) is 0 Å². The summed E-state index contributed by atoms with van der Waals surface area (Å²) in [6, 6.07) is 17.3. The normalized spacial score (nSPS) is 13.6. The summed E-state index contributed by atoms with van der Waals surface area (Å²) < 4.78 is 0. The second kappa shape index (κ2) is 7.16. The summed E-state index contributed by atoms with van der Waals surface area (Å²) in [5.74, 6) is -0.213. The number of halogens is 1. The van der Waals surface area contributed by atoms with E-state index >= 15 is 0 Å². The van der Waals surface area contributed by atoms with E-state index in [9.17, 15) is 4.79 Å². The molecule has 1 amide bonds. The van der Waals surface area contributed by atoms with Gasteiger partial charge >= 0.3 is 0 Å². The molecular formula is C19H25ClN2O. The Bertz CT molecular complexity index is 661. The standard InChI is InChI=1S/C19H24N2O.ClH/c1-18(2,3)15-12-8-9-13-16(15)21-17(22)19(4,20)14-10-6-5-7-11-14;/h5-13H,20H2,1-4H3,(H,21,22);1H. The SMILES string of the molecule is CC(C)(C)c1ccccc1NC(=O)C(C)(N)c1ccccc1.Cl. The molecule has 0 aliphatic rings. The topological polar surface area (TPSA) is 55.1 Å². The predicted octanol–water partition coefficient (Wildman–Crippen LogP) is 4.22. The van der Waals surface area contributed by atoms with Gasteiger partial charge in [0.25, 0.3) is 0 Å². The van der Waals surface area contributed by atoms with Crippen LogP contribution in [0.5, 0.6) is 0 Å². The van der Waals surface area contributed by atoms with E-state index in [1.165, 1.54) is 0 Å². The molecule has 2 aromatic rings. The van der Waals surface area contributed by atoms with Crippen molar-refractivity contribution in [2.45, 2.75) is 38.6 Å². The number of rotatable bonds is 3. The Kier molecular flexibility index (Phi) is 5.98. The van der Waals surface area contributed by atoms with Crippen LogP contribution < -0.4 is 11.1 Å². The maximum atomic E-state index is 12.7. The number of nitrogens with two attached hydrogens (primary N) is 1. The van der Waals surface area contributed by atoms with Gasteiger partial charge in [-0.3, -0.25) is 4.79 Å². The van der Waals surface area contributed by atoms with E-state index in [4.69, 9.17) is 5.73 Å². The quantitative estimate of drug-likeness (QED) is 0.884. The maximum absolute atomic E-state index is 12.7. The molecule has 0 spiro atoms. The summed E-state index contributed by atoms with van der Waals surface area (Å²) in [4.78, 5) is 12.7. The molecule has 23 heavy (non-hydrogen) atoms. The number of hydrogen-bond acceptors (Lipinski definition) is 2. The number of benzene rings is 2. The summed E-state index contributed by atoms with van der Waals surface area (Å²) >= 11 is 0. The lowest BCUT2D eigenvalue weighted by Gasteiger charge is -2.27. The highest BCUT2D eigenvalue weighted by Crippen LogP contribution is 2.30. The minimum absolute atomic E-state index is 0. The van der Waals surface area contributed by atoms with Crippen molar-refractivity contribution >= 4 is 24.0 Å². The highest BCUT2D eigenvalue weighted by atomic mass is 35.5. The third kappa shape index (κ3) is 4.34. The summed E-state index contributed by atoms with van der Waals surface area (Å²) in [5.41, 5.74) is 7.84. The van der Waals surface area contributed by atoms with Gasteiger partial charge in [-0.1, -0.05) is 69.3 Å². The van der Waals surface area contributed by atoms with Crippen LogP contribution in [0.15, 0.2) is 54.6 Å². The summed E-state index contributed by atoms with van der Waals surface area (Å²) in [6.07, 6.45) is 0. The van der Waals surface area contributed by atoms with Gasteiger partial charge in [0.2, 0.25) is 5.91 Å². The second-order valence-electron chi connectivity index (χ2n) is 6.82. The van der Waals surface area contributed by atoms with Crippen LogP contribution in [0.2, 0.25) is 0 Å². The monoisotopic (exact) mass is 332 g/mol. The third-order valence-corrected chi connectivity index (χ3v) is 3.83. The van der Waals surface area contributed by atoms with Gasteiger partial charge in [-0.25, -0.2) is 0 Å². The Labute approximate surface area is 144 Å². The minimum atomic E-state index is -1.08. The summed E-state index contributed by atoms with van der Waals surface area (Å²) in [7, 11) is 0. The van der Waals surface area contributed by atoms with Crippen molar-refractivity contribution in [3.05, 3.63) is 65.7 Å². The molecule has 1 atom stereocenters. The van der Waals surface area contributed by atoms with E-state index < -0.39 is 5.54 Å². The molecule has 2 rings (SSSR count). The Morgan fingerprint density at radius 1 is 0.913 bits per heavy atom. The van der Waals surface area contributed by atoms with E-state index in [1.807, 2.05) is 54.6 Å². The summed E-state index contributed by atoms with van der Waals surface area (Å²) in [5, 5.41) is 2.99. The highest BCUT2D eigenvalue weighted by molar-refractivity contribution is 5.99. The van der Waals surface area contributed by atoms with Gasteiger partial charge in [-0.15, -0.1) is 12.4 Å². The number of carbonyl (C=O) groups is 1. The average Bonchev–Trinajstić information content (AvgIpc) is 2.47. The van der Waals surface area contributed by atoms with Crippen LogP contribution in [0.25, 0.3) is 0 Å². The van der Waals surface area contributed by atoms with Gasteiger partial charge < -0.3 is 11.1 Å². The fraction of sp³-hybridized carbons (Fsp3) is 0.316. The first-order valence-corrected chi connectivity index (χ1v) is 7.48. The third-order valence-electron chi connectivity index (χ3n) is 3.83. The second-order valence-corrected chi connectivity index (χ2v) is 6.82. The van der Waals surface area contributed by atoms with Crippen LogP contribution in [0.3, 0.4) is 0 Å². The fourth-order valence-corrected chi connectivity index (χ4v) is 2.41. The lowest BCUT2D eigenvalue weighted by Crippen LogP contribution is -2.45. The number of amides is 1. The zero-order valence-electron chi connectivity index (χ0n) is 14.1. The minimum Gasteiger partial charge on any atom is -0.324 e. The van der Waals surface area contributed by atoms with Gasteiger partial charge in [0.15, 0.2) is 0 Å². The molecule has 3 N–H and O–H groups in total. The Morgan fingerprint density at radius 3 is 2.00 bits per heavy atom. The molecule has 0 saturated heterocycles. The number of nitrogens with one attached hydrogen (secondary N) is 1. The maximum Gasteiger partial charge on any atom is 0.248 e. The first kappa shape index (κ1) is 19.2. The molecule has 0 heterocycles. The Morgan fingerprint density at radius 2 is 1.43 bits per heavy atom. The predicted molar refractivity (Wildman–Crippen MR) is 99.0 cm³/mol. The van der Waals surface area contributed by atoms with Crippen LogP contribution in [0.4, 0.5) is 5.69 Å². The zero-order chi connectivity index (χ0) is 16.4. The molecular weight excluding hydrogens is 308 g/mol. The fourth-order valence-electron chi connectivity index (χ4n) is 2.41. The van der Waals surface area contributed by atoms with Gasteiger partial charge in [0, 0.05) is 5.69 Å². The number of hydrogen-bond donors (Lipinski definition) is 2. The number of carbonyl (C=O) groups excluding carboxylic acids is 1. The molecule has 0 radical (unpaired) electrons. The van der Waals surface area contributed by atoms with Crippen molar-refractivity contribution in [2.24, 2.45) is 5.73 Å². The smallest absolute Gasteiger partial charge is 0.248 e. The van der Waals surface area contributed by atoms with Gasteiger partial charge in [0.1, 0.15) is 5.54 Å². The zero-order valence-corrected chi connectivity index (χ0v) is 14.9. The molecule has 0 bridgehead atoms. The van der Waals surface area contributed by atoms with E-state index in [0.29, 0.717) is 0 Å². The lowest BCUT2D eigenvalue weighted by atomic mass is 9.85. The van der Waals surface area contributed by atoms with E-state index in [1.54, 1.807) is 6.92 Å². The molecule has 0 aromatic heterocycles. The molecule has 3 nitrogen and oxygen atoms in total. The van der Waals surface area contributed by atoms with E-state index in [2.05, 4.69) is 26.1 Å². The van der Waals surface area contributed by atoms with Gasteiger partial charge in [-0.2, -0.15) is 0 Å². The molecule has 4 heteroatoms. The Hall–Kier alpha value is -1.84. The molecule has 0 aliphatic carbocycles. The van der Waals surface area contributed by atoms with E-state index in [0.717, 1.165) is 16.8 Å². The van der Waals surface area contributed by atoms with Crippen LogP contribution in [-0.2, 0) is 15.7 Å². The van der Waals surface area contributed by atoms with Crippen molar-refractivity contribution in [1.29, 1.82) is 0 Å². The van der Waals surface area contributed by atoms with Crippen LogP contribution >= 0.6 is 12.4 Å². The van der Waals surface area contributed by atoms with Crippen molar-refractivity contribution in [2.75, 3.05) is 5.32 Å². The molecule has 0 fully saturated rings. The van der Waals surface area contributed by atoms with Gasteiger partial charge in [0.05, 0.1) is 0 Å². The first-order valence-electron chi connectivity index (χ1n) is 7.48. The van der Waals surface area contributed by atoms with Crippen molar-refractivity contribution in [3.8, 4) is 0 Å². The van der Waals surface area contributed by atoms with Crippen LogP contribution in [-0.4, -0.2) is 5.91 Å². The van der Waals surface area contributed by atoms with Gasteiger partial charge in [-0.05, 0) is 29.5 Å². The summed E-state index contributed by atoms with van der Waals surface area (Å²) in [6.45, 7) is 8.10. The van der Waals surface area contributed by atoms with Crippen molar-refractivity contribution < 1.29 is 4.79 Å².